The molecular formula is C16H32O2. The molecule has 2 nitrogen and oxygen atoms in total. The number of carboxylic acid groups (broad SMARTS) is 1. The van der Waals surface area contributed by atoms with Gasteiger partial charge in [-0.3, -0.25) is 4.79 Å². The van der Waals surface area contributed by atoms with E-state index in [-0.39, 0.29) is 19.3 Å². The summed E-state index contributed by atoms with van der Waals surface area (Å²) < 4.78 is 31.6. The molecule has 0 fully saturated rings. The van der Waals surface area contributed by atoms with Crippen LogP contribution in [0.5, 0.6) is 0 Å². The van der Waals surface area contributed by atoms with Crippen molar-refractivity contribution < 1.29 is 15.4 Å². The lowest BCUT2D eigenvalue weighted by Crippen LogP contribution is -1.93. The Balaban J connectivity index is 3.87. The van der Waals surface area contributed by atoms with Gasteiger partial charge >= 0.3 is 5.97 Å². The second-order valence-electron chi connectivity index (χ2n) is 4.76. The fourth-order valence-corrected chi connectivity index (χ4v) is 1.81. The predicted molar refractivity (Wildman–Crippen MR) is 77.9 cm³/mol. The van der Waals surface area contributed by atoms with Crippen LogP contribution in [0.3, 0.4) is 0 Å². The Morgan fingerprint density at radius 1 is 0.889 bits per heavy atom. The van der Waals surface area contributed by atoms with E-state index in [1.807, 2.05) is 0 Å². The van der Waals surface area contributed by atoms with Gasteiger partial charge in [-0.05, 0) is 6.42 Å². The van der Waals surface area contributed by atoms with Crippen molar-refractivity contribution in [1.82, 2.24) is 0 Å². The lowest BCUT2D eigenvalue weighted by molar-refractivity contribution is -0.137. The highest BCUT2D eigenvalue weighted by Gasteiger charge is 1.96. The average molecular weight is 260 g/mol. The second-order valence-corrected chi connectivity index (χ2v) is 4.76. The van der Waals surface area contributed by atoms with Crippen LogP contribution in [0, 0.1) is 0 Å². The number of hydrogen-bond acceptors (Lipinski definition) is 1. The topological polar surface area (TPSA) is 37.3 Å². The first-order valence-electron chi connectivity index (χ1n) is 9.53. The van der Waals surface area contributed by atoms with Gasteiger partial charge in [0, 0.05) is 11.9 Å². The van der Waals surface area contributed by atoms with E-state index in [9.17, 15) is 4.79 Å². The van der Waals surface area contributed by atoms with Gasteiger partial charge in [0.25, 0.3) is 0 Å². The smallest absolute Gasteiger partial charge is 0.303 e. The van der Waals surface area contributed by atoms with Crippen molar-refractivity contribution in [2.45, 2.75) is 96.7 Å². The van der Waals surface area contributed by atoms with Crippen LogP contribution in [0.15, 0.2) is 0 Å². The quantitative estimate of drug-likeness (QED) is 0.416. The SMILES string of the molecule is [2H][C@H](CCCCCCCCC)[C@@H]([2H])C([2H])([2H])CCCC(=O)O. The fraction of sp³-hybridized carbons (Fsp3) is 0.938. The number of carbonyl (C=O) groups is 1. The summed E-state index contributed by atoms with van der Waals surface area (Å²) in [5, 5.41) is 8.57. The minimum atomic E-state index is -1.77. The lowest BCUT2D eigenvalue weighted by atomic mass is 10.0. The first-order chi connectivity index (χ1) is 10.3. The van der Waals surface area contributed by atoms with E-state index in [0.29, 0.717) is 6.42 Å². The molecule has 2 atom stereocenters. The molecule has 1 N–H and O–H groups in total. The van der Waals surface area contributed by atoms with Crippen LogP contribution >= 0.6 is 0 Å². The average Bonchev–Trinajstić information content (AvgIpc) is 2.44. The number of unbranched alkanes of at least 4 members (excludes halogenated alkanes) is 6. The summed E-state index contributed by atoms with van der Waals surface area (Å²) in [7, 11) is 0. The standard InChI is InChI=1S/C16H32O2/c1-2-3-4-5-6-7-8-9-10-11-12-13-14-15-16(17)18/h2-15H2,1H3,(H,17,18)/i10D,11D,12D2/t10-,11-/m1/s1. The highest BCUT2D eigenvalue weighted by atomic mass is 16.4. The summed E-state index contributed by atoms with van der Waals surface area (Å²) in [6.45, 7) is 2.18. The van der Waals surface area contributed by atoms with Crippen molar-refractivity contribution in [2.24, 2.45) is 0 Å². The lowest BCUT2D eigenvalue weighted by Gasteiger charge is -2.02. The maximum atomic E-state index is 10.5. The Kier molecular flexibility index (Phi) is 9.13. The Bertz CT molecular complexity index is 298. The first kappa shape index (κ1) is 11.3. The van der Waals surface area contributed by atoms with Crippen LogP contribution in [-0.2, 0) is 4.79 Å². The van der Waals surface area contributed by atoms with Gasteiger partial charge in [0.2, 0.25) is 0 Å². The molecule has 108 valence electrons. The summed E-state index contributed by atoms with van der Waals surface area (Å²) in [5.41, 5.74) is 0. The van der Waals surface area contributed by atoms with Crippen molar-refractivity contribution >= 4 is 5.97 Å². The van der Waals surface area contributed by atoms with E-state index in [1.54, 1.807) is 0 Å². The van der Waals surface area contributed by atoms with Gasteiger partial charge in [0.15, 0.2) is 0 Å². The highest BCUT2D eigenvalue weighted by Crippen LogP contribution is 2.12. The van der Waals surface area contributed by atoms with E-state index in [2.05, 4.69) is 6.92 Å². The van der Waals surface area contributed by atoms with Gasteiger partial charge in [0.1, 0.15) is 0 Å². The maximum Gasteiger partial charge on any atom is 0.303 e. The van der Waals surface area contributed by atoms with Gasteiger partial charge in [-0.1, -0.05) is 83.9 Å². The summed E-state index contributed by atoms with van der Waals surface area (Å²) in [5.74, 6) is -0.942. The molecule has 0 heterocycles. The highest BCUT2D eigenvalue weighted by molar-refractivity contribution is 5.66. The zero-order chi connectivity index (χ0) is 17.0. The van der Waals surface area contributed by atoms with E-state index in [0.717, 1.165) is 19.3 Å². The molecule has 0 saturated carbocycles. The zero-order valence-electron chi connectivity index (χ0n) is 15.8. The molecule has 0 bridgehead atoms. The third-order valence-electron chi connectivity index (χ3n) is 2.92. The summed E-state index contributed by atoms with van der Waals surface area (Å²) >= 11 is 0. The molecule has 0 amide bonds. The van der Waals surface area contributed by atoms with Crippen molar-refractivity contribution in [2.75, 3.05) is 0 Å². The Morgan fingerprint density at radius 2 is 1.50 bits per heavy atom. The molecule has 18 heavy (non-hydrogen) atoms. The van der Waals surface area contributed by atoms with E-state index in [4.69, 9.17) is 10.6 Å². The van der Waals surface area contributed by atoms with Gasteiger partial charge in [-0.25, -0.2) is 0 Å². The molecule has 0 aliphatic heterocycles. The Labute approximate surface area is 119 Å². The van der Waals surface area contributed by atoms with Gasteiger partial charge in [-0.2, -0.15) is 0 Å². The van der Waals surface area contributed by atoms with Crippen LogP contribution in [0.1, 0.15) is 102 Å². The van der Waals surface area contributed by atoms with Crippen molar-refractivity contribution in [3.05, 3.63) is 0 Å². The number of aliphatic carboxylic acids is 1. The molecule has 0 aromatic carbocycles. The number of hydrogen-bond donors (Lipinski definition) is 1. The van der Waals surface area contributed by atoms with Crippen molar-refractivity contribution in [3.8, 4) is 0 Å². The molecule has 0 aromatic rings. The third-order valence-corrected chi connectivity index (χ3v) is 2.92. The number of rotatable bonds is 14. The predicted octanol–water partition coefficient (Wildman–Crippen LogP) is 5.55. The first-order valence-corrected chi connectivity index (χ1v) is 7.37. The molecule has 0 spiro atoms. The van der Waals surface area contributed by atoms with Crippen molar-refractivity contribution in [1.29, 1.82) is 0 Å². The van der Waals surface area contributed by atoms with Crippen LogP contribution in [0.4, 0.5) is 0 Å². The minimum absolute atomic E-state index is 0.0415. The van der Waals surface area contributed by atoms with E-state index in [1.165, 1.54) is 25.7 Å². The van der Waals surface area contributed by atoms with Gasteiger partial charge in [-0.15, -0.1) is 0 Å². The van der Waals surface area contributed by atoms with Gasteiger partial charge < -0.3 is 5.11 Å². The third kappa shape index (κ3) is 15.5. The summed E-state index contributed by atoms with van der Waals surface area (Å²) in [6.07, 6.45) is 5.20. The maximum absolute atomic E-state index is 10.5. The van der Waals surface area contributed by atoms with Crippen LogP contribution < -0.4 is 0 Å². The molecular weight excluding hydrogens is 224 g/mol. The molecule has 0 aliphatic carbocycles. The van der Waals surface area contributed by atoms with Crippen LogP contribution in [0.25, 0.3) is 0 Å². The minimum Gasteiger partial charge on any atom is -0.481 e. The fourth-order valence-electron chi connectivity index (χ4n) is 1.81. The molecule has 0 unspecified atom stereocenters. The second kappa shape index (κ2) is 14.5. The van der Waals surface area contributed by atoms with Crippen LogP contribution in [-0.4, -0.2) is 11.1 Å². The normalized spacial score (nSPS) is 18.3. The molecule has 2 heteroatoms. The van der Waals surface area contributed by atoms with Crippen molar-refractivity contribution in [3.63, 3.8) is 0 Å². The zero-order valence-corrected chi connectivity index (χ0v) is 11.8. The molecule has 0 rings (SSSR count). The largest absolute Gasteiger partial charge is 0.481 e. The molecule has 0 aliphatic rings. The molecule has 0 saturated heterocycles. The van der Waals surface area contributed by atoms with Gasteiger partial charge in [0.05, 0.1) is 0 Å². The molecule has 0 aromatic heterocycles. The van der Waals surface area contributed by atoms with E-state index < -0.39 is 25.1 Å². The molecule has 0 radical (unpaired) electrons. The van der Waals surface area contributed by atoms with Crippen LogP contribution in [0.2, 0.25) is 0 Å². The Morgan fingerprint density at radius 3 is 2.11 bits per heavy atom. The Hall–Kier alpha value is -0.530. The summed E-state index contributed by atoms with van der Waals surface area (Å²) in [4.78, 5) is 10.5. The summed E-state index contributed by atoms with van der Waals surface area (Å²) in [6, 6.07) is 0. The number of carboxylic acids is 1. The van der Waals surface area contributed by atoms with E-state index >= 15 is 0 Å². The monoisotopic (exact) mass is 260 g/mol.